The summed E-state index contributed by atoms with van der Waals surface area (Å²) in [6, 6.07) is 6.46. The number of hydrogen-bond donors (Lipinski definition) is 2. The molecule has 0 bridgehead atoms. The largest absolute Gasteiger partial charge is 0.480 e. The molecule has 0 fully saturated rings. The highest BCUT2D eigenvalue weighted by atomic mass is 19.4. The van der Waals surface area contributed by atoms with Crippen molar-refractivity contribution in [3.63, 3.8) is 0 Å². The van der Waals surface area contributed by atoms with E-state index in [0.29, 0.717) is 5.56 Å². The Kier molecular flexibility index (Phi) is 4.91. The first kappa shape index (κ1) is 17.5. The van der Waals surface area contributed by atoms with Gasteiger partial charge in [0.15, 0.2) is 5.69 Å². The van der Waals surface area contributed by atoms with E-state index >= 15 is 0 Å². The third-order valence-corrected chi connectivity index (χ3v) is 3.07. The summed E-state index contributed by atoms with van der Waals surface area (Å²) in [4.78, 5) is 26.9. The lowest BCUT2D eigenvalue weighted by atomic mass is 10.2. The van der Waals surface area contributed by atoms with Crippen LogP contribution >= 0.6 is 0 Å². The van der Waals surface area contributed by atoms with E-state index < -0.39 is 30.5 Å². The number of amides is 1. The molecule has 6 nitrogen and oxygen atoms in total. The number of carboxylic acid groups (broad SMARTS) is 1. The molecule has 1 amide bonds. The highest BCUT2D eigenvalue weighted by molar-refractivity contribution is 5.96. The van der Waals surface area contributed by atoms with Crippen molar-refractivity contribution < 1.29 is 32.3 Å². The predicted octanol–water partition coefficient (Wildman–Crippen LogP) is 2.79. The molecule has 2 rings (SSSR count). The molecule has 9 heteroatoms. The van der Waals surface area contributed by atoms with Gasteiger partial charge in [-0.1, -0.05) is 18.2 Å². The Labute approximate surface area is 134 Å². The second-order valence-electron chi connectivity index (χ2n) is 4.97. The highest BCUT2D eigenvalue weighted by Crippen LogP contribution is 2.23. The van der Waals surface area contributed by atoms with Gasteiger partial charge < -0.3 is 14.8 Å². The zero-order valence-electron chi connectivity index (χ0n) is 12.4. The number of aliphatic carboxylic acids is 1. The van der Waals surface area contributed by atoms with Gasteiger partial charge in [0.05, 0.1) is 6.42 Å². The van der Waals surface area contributed by atoms with Crippen LogP contribution in [0.15, 0.2) is 34.7 Å². The number of aromatic nitrogens is 1. The maximum absolute atomic E-state index is 12.4. The van der Waals surface area contributed by atoms with Crippen LogP contribution in [0.5, 0.6) is 0 Å². The number of hydrogen-bond acceptors (Lipinski definition) is 4. The molecule has 2 aromatic rings. The lowest BCUT2D eigenvalue weighted by Gasteiger charge is -2.15. The van der Waals surface area contributed by atoms with E-state index in [9.17, 15) is 22.8 Å². The maximum atomic E-state index is 12.4. The van der Waals surface area contributed by atoms with Gasteiger partial charge in [-0.25, -0.2) is 9.78 Å². The van der Waals surface area contributed by atoms with Crippen LogP contribution in [0.4, 0.5) is 13.2 Å². The molecule has 0 saturated carbocycles. The fourth-order valence-electron chi connectivity index (χ4n) is 1.97. The Balaban J connectivity index is 2.20. The van der Waals surface area contributed by atoms with Crippen molar-refractivity contribution in [1.82, 2.24) is 10.3 Å². The average Bonchev–Trinajstić information content (AvgIpc) is 2.88. The number of nitrogens with one attached hydrogen (secondary N) is 1. The third-order valence-electron chi connectivity index (χ3n) is 3.07. The normalized spacial score (nSPS) is 12.7. The van der Waals surface area contributed by atoms with Gasteiger partial charge in [0, 0.05) is 5.56 Å². The molecule has 0 aliphatic heterocycles. The van der Waals surface area contributed by atoms with Gasteiger partial charge in [0.2, 0.25) is 5.89 Å². The van der Waals surface area contributed by atoms with Crippen molar-refractivity contribution >= 4 is 11.9 Å². The van der Waals surface area contributed by atoms with Crippen molar-refractivity contribution in [2.45, 2.75) is 25.6 Å². The number of nitrogens with zero attached hydrogens (tertiary/aromatic N) is 1. The zero-order chi connectivity index (χ0) is 17.9. The monoisotopic (exact) mass is 342 g/mol. The van der Waals surface area contributed by atoms with E-state index in [1.807, 2.05) is 5.32 Å². The van der Waals surface area contributed by atoms with Gasteiger partial charge in [-0.05, 0) is 19.1 Å². The molecule has 24 heavy (non-hydrogen) atoms. The van der Waals surface area contributed by atoms with Gasteiger partial charge in [0.1, 0.15) is 11.8 Å². The van der Waals surface area contributed by atoms with Gasteiger partial charge >= 0.3 is 12.1 Å². The molecule has 1 atom stereocenters. The van der Waals surface area contributed by atoms with Crippen molar-refractivity contribution in [3.05, 3.63) is 41.8 Å². The lowest BCUT2D eigenvalue weighted by Crippen LogP contribution is -2.43. The lowest BCUT2D eigenvalue weighted by molar-refractivity contribution is -0.157. The number of oxazole rings is 1. The summed E-state index contributed by atoms with van der Waals surface area (Å²) >= 11 is 0. The standard InChI is InChI=1S/C15H13F3N2O4/c1-8-11(20-13(24-8)9-5-3-2-4-6-9)12(21)19-10(14(22)23)7-15(16,17)18/h2-6,10H,7H2,1H3,(H,19,21)(H,22,23)/t10-/m0/s1. The van der Waals surface area contributed by atoms with Crippen LogP contribution in [-0.2, 0) is 4.79 Å². The molecule has 1 aromatic heterocycles. The Morgan fingerprint density at radius 1 is 1.29 bits per heavy atom. The molecule has 0 aliphatic rings. The van der Waals surface area contributed by atoms with E-state index in [1.54, 1.807) is 30.3 Å². The molecule has 0 saturated heterocycles. The molecular weight excluding hydrogens is 329 g/mol. The topological polar surface area (TPSA) is 92.4 Å². The molecule has 2 N–H and O–H groups in total. The Morgan fingerprint density at radius 2 is 1.92 bits per heavy atom. The Hall–Kier alpha value is -2.84. The van der Waals surface area contributed by atoms with Gasteiger partial charge in [-0.2, -0.15) is 13.2 Å². The third kappa shape index (κ3) is 4.34. The fraction of sp³-hybridized carbons (Fsp3) is 0.267. The minimum atomic E-state index is -4.73. The number of aryl methyl sites for hydroxylation is 1. The number of carboxylic acids is 1. The molecule has 0 radical (unpaired) electrons. The first-order valence-electron chi connectivity index (χ1n) is 6.80. The summed E-state index contributed by atoms with van der Waals surface area (Å²) in [5.41, 5.74) is 0.312. The minimum absolute atomic E-state index is 0.0718. The number of alkyl halides is 3. The zero-order valence-corrected chi connectivity index (χ0v) is 12.4. The van der Waals surface area contributed by atoms with Crippen LogP contribution < -0.4 is 5.32 Å². The van der Waals surface area contributed by atoms with Gasteiger partial charge in [-0.15, -0.1) is 0 Å². The number of rotatable bonds is 5. The van der Waals surface area contributed by atoms with Gasteiger partial charge in [0.25, 0.3) is 5.91 Å². The van der Waals surface area contributed by atoms with Crippen LogP contribution in [0.1, 0.15) is 22.7 Å². The van der Waals surface area contributed by atoms with E-state index in [2.05, 4.69) is 4.98 Å². The van der Waals surface area contributed by atoms with E-state index in [1.165, 1.54) is 6.92 Å². The first-order chi connectivity index (χ1) is 11.2. The molecule has 1 aromatic carbocycles. The van der Waals surface area contributed by atoms with Crippen LogP contribution in [-0.4, -0.2) is 34.2 Å². The summed E-state index contributed by atoms with van der Waals surface area (Å²) in [6.45, 7) is 1.41. The van der Waals surface area contributed by atoms with Crippen LogP contribution in [0.3, 0.4) is 0 Å². The van der Waals surface area contributed by atoms with Crippen LogP contribution in [0.2, 0.25) is 0 Å². The van der Waals surface area contributed by atoms with E-state index in [-0.39, 0.29) is 17.3 Å². The quantitative estimate of drug-likeness (QED) is 0.872. The Morgan fingerprint density at radius 3 is 2.46 bits per heavy atom. The molecule has 1 heterocycles. The molecule has 0 spiro atoms. The number of benzene rings is 1. The van der Waals surface area contributed by atoms with Gasteiger partial charge in [-0.3, -0.25) is 4.79 Å². The number of halogens is 3. The summed E-state index contributed by atoms with van der Waals surface area (Å²) < 4.78 is 42.4. The van der Waals surface area contributed by atoms with Crippen molar-refractivity contribution in [2.24, 2.45) is 0 Å². The predicted molar refractivity (Wildman–Crippen MR) is 76.2 cm³/mol. The number of carbonyl (C=O) groups is 2. The smallest absolute Gasteiger partial charge is 0.391 e. The second kappa shape index (κ2) is 6.73. The summed E-state index contributed by atoms with van der Waals surface area (Å²) in [5.74, 6) is -2.65. The van der Waals surface area contributed by atoms with Crippen LogP contribution in [0.25, 0.3) is 11.5 Å². The molecular formula is C15H13F3N2O4. The number of carbonyl (C=O) groups excluding carboxylic acids is 1. The van der Waals surface area contributed by atoms with E-state index in [4.69, 9.17) is 9.52 Å². The molecule has 0 unspecified atom stereocenters. The Bertz CT molecular complexity index is 741. The first-order valence-corrected chi connectivity index (χ1v) is 6.80. The van der Waals surface area contributed by atoms with Crippen LogP contribution in [0, 0.1) is 6.92 Å². The average molecular weight is 342 g/mol. The molecule has 0 aliphatic carbocycles. The maximum Gasteiger partial charge on any atom is 0.391 e. The van der Waals surface area contributed by atoms with E-state index in [0.717, 1.165) is 0 Å². The molecule has 128 valence electrons. The van der Waals surface area contributed by atoms with Crippen molar-refractivity contribution in [1.29, 1.82) is 0 Å². The van der Waals surface area contributed by atoms with Crippen molar-refractivity contribution in [3.8, 4) is 11.5 Å². The summed E-state index contributed by atoms with van der Waals surface area (Å²) in [5, 5.41) is 10.6. The minimum Gasteiger partial charge on any atom is -0.480 e. The SMILES string of the molecule is Cc1oc(-c2ccccc2)nc1C(=O)N[C@@H](CC(F)(F)F)C(=O)O. The fourth-order valence-corrected chi connectivity index (χ4v) is 1.97. The summed E-state index contributed by atoms with van der Waals surface area (Å²) in [6.07, 6.45) is -6.42. The second-order valence-corrected chi connectivity index (χ2v) is 4.97. The highest BCUT2D eigenvalue weighted by Gasteiger charge is 2.37. The van der Waals surface area contributed by atoms with Crippen molar-refractivity contribution in [2.75, 3.05) is 0 Å². The summed E-state index contributed by atoms with van der Waals surface area (Å²) in [7, 11) is 0.